The van der Waals surface area contributed by atoms with Crippen molar-refractivity contribution in [1.29, 1.82) is 0 Å². The van der Waals surface area contributed by atoms with Crippen molar-refractivity contribution < 1.29 is 4.79 Å². The fourth-order valence-corrected chi connectivity index (χ4v) is 2.65. The molecule has 3 heteroatoms. The van der Waals surface area contributed by atoms with Crippen LogP contribution in [0.4, 0.5) is 5.69 Å². The summed E-state index contributed by atoms with van der Waals surface area (Å²) in [6.45, 7) is 0. The fraction of sp³-hybridized carbons (Fsp3) is 0.0833. The molecule has 0 fully saturated rings. The Labute approximate surface area is 91.7 Å². The fourth-order valence-electron chi connectivity index (χ4n) is 1.82. The number of hydrogen-bond donors (Lipinski definition) is 1. The van der Waals surface area contributed by atoms with Crippen molar-refractivity contribution in [2.45, 2.75) is 4.90 Å². The SMILES string of the molecule is O=C1CSc2ccc3ccccc3c2N1. The Morgan fingerprint density at radius 2 is 2.00 bits per heavy atom. The first-order valence-electron chi connectivity index (χ1n) is 4.79. The van der Waals surface area contributed by atoms with E-state index in [1.807, 2.05) is 18.2 Å². The van der Waals surface area contributed by atoms with Crippen molar-refractivity contribution in [3.8, 4) is 0 Å². The molecule has 2 nitrogen and oxygen atoms in total. The minimum atomic E-state index is 0.0869. The van der Waals surface area contributed by atoms with Crippen molar-refractivity contribution in [2.75, 3.05) is 11.1 Å². The monoisotopic (exact) mass is 215 g/mol. The lowest BCUT2D eigenvalue weighted by atomic mass is 10.1. The molecule has 1 aliphatic heterocycles. The number of benzene rings is 2. The van der Waals surface area contributed by atoms with Crippen molar-refractivity contribution in [3.05, 3.63) is 36.4 Å². The van der Waals surface area contributed by atoms with Crippen molar-refractivity contribution >= 4 is 34.1 Å². The van der Waals surface area contributed by atoms with Gasteiger partial charge in [0.05, 0.1) is 11.4 Å². The minimum Gasteiger partial charge on any atom is -0.324 e. The van der Waals surface area contributed by atoms with Crippen LogP contribution in [0.15, 0.2) is 41.3 Å². The number of anilines is 1. The van der Waals surface area contributed by atoms with Crippen LogP contribution in [-0.2, 0) is 4.79 Å². The molecule has 0 atom stereocenters. The van der Waals surface area contributed by atoms with Crippen LogP contribution in [-0.4, -0.2) is 11.7 Å². The third-order valence-electron chi connectivity index (χ3n) is 2.51. The van der Waals surface area contributed by atoms with Gasteiger partial charge in [-0.1, -0.05) is 30.3 Å². The Kier molecular flexibility index (Phi) is 1.92. The third kappa shape index (κ3) is 1.39. The molecule has 0 unspecified atom stereocenters. The number of carbonyl (C=O) groups excluding carboxylic acids is 1. The lowest BCUT2D eigenvalue weighted by Gasteiger charge is -2.18. The topological polar surface area (TPSA) is 29.1 Å². The van der Waals surface area contributed by atoms with Crippen molar-refractivity contribution in [3.63, 3.8) is 0 Å². The van der Waals surface area contributed by atoms with Crippen LogP contribution < -0.4 is 5.32 Å². The molecule has 0 aromatic heterocycles. The summed E-state index contributed by atoms with van der Waals surface area (Å²) in [5, 5.41) is 5.23. The van der Waals surface area contributed by atoms with E-state index in [2.05, 4.69) is 23.5 Å². The predicted molar refractivity (Wildman–Crippen MR) is 63.3 cm³/mol. The Balaban J connectivity index is 2.32. The molecule has 0 radical (unpaired) electrons. The molecular formula is C12H9NOS. The number of thioether (sulfide) groups is 1. The molecule has 0 aliphatic carbocycles. The van der Waals surface area contributed by atoms with Gasteiger partial charge in [-0.15, -0.1) is 11.8 Å². The zero-order valence-electron chi connectivity index (χ0n) is 7.99. The Bertz CT molecular complexity index is 550. The summed E-state index contributed by atoms with van der Waals surface area (Å²) >= 11 is 1.60. The van der Waals surface area contributed by atoms with E-state index in [1.165, 1.54) is 5.39 Å². The highest BCUT2D eigenvalue weighted by atomic mass is 32.2. The number of carbonyl (C=O) groups is 1. The first kappa shape index (κ1) is 8.80. The summed E-state index contributed by atoms with van der Waals surface area (Å²) in [6, 6.07) is 12.3. The van der Waals surface area contributed by atoms with Crippen LogP contribution in [0.3, 0.4) is 0 Å². The van der Waals surface area contributed by atoms with Crippen LogP contribution >= 0.6 is 11.8 Å². The van der Waals surface area contributed by atoms with Crippen LogP contribution in [0.1, 0.15) is 0 Å². The summed E-state index contributed by atoms with van der Waals surface area (Å²) < 4.78 is 0. The number of amides is 1. The van der Waals surface area contributed by atoms with Gasteiger partial charge < -0.3 is 5.32 Å². The van der Waals surface area contributed by atoms with Gasteiger partial charge in [-0.3, -0.25) is 4.79 Å². The molecule has 2 aromatic rings. The Hall–Kier alpha value is -1.48. The molecule has 3 rings (SSSR count). The van der Waals surface area contributed by atoms with E-state index in [0.717, 1.165) is 16.0 Å². The van der Waals surface area contributed by atoms with Gasteiger partial charge in [0.2, 0.25) is 5.91 Å². The number of hydrogen-bond acceptors (Lipinski definition) is 2. The largest absolute Gasteiger partial charge is 0.324 e. The van der Waals surface area contributed by atoms with E-state index in [0.29, 0.717) is 5.75 Å². The highest BCUT2D eigenvalue weighted by Crippen LogP contribution is 2.36. The first-order valence-corrected chi connectivity index (χ1v) is 5.77. The first-order chi connectivity index (χ1) is 7.34. The van der Waals surface area contributed by atoms with Gasteiger partial charge >= 0.3 is 0 Å². The highest BCUT2D eigenvalue weighted by molar-refractivity contribution is 8.00. The molecule has 15 heavy (non-hydrogen) atoms. The molecule has 0 bridgehead atoms. The van der Waals surface area contributed by atoms with Crippen molar-refractivity contribution in [2.24, 2.45) is 0 Å². The molecule has 1 N–H and O–H groups in total. The van der Waals surface area contributed by atoms with E-state index < -0.39 is 0 Å². The maximum atomic E-state index is 11.3. The lowest BCUT2D eigenvalue weighted by Crippen LogP contribution is -2.18. The summed E-state index contributed by atoms with van der Waals surface area (Å²) in [5.74, 6) is 0.606. The molecule has 0 spiro atoms. The molecule has 2 aromatic carbocycles. The minimum absolute atomic E-state index is 0.0869. The summed E-state index contributed by atoms with van der Waals surface area (Å²) in [4.78, 5) is 12.5. The molecule has 0 saturated heterocycles. The standard InChI is InChI=1S/C12H9NOS/c14-11-7-15-10-6-5-8-3-1-2-4-9(8)12(10)13-11/h1-6H,7H2,(H,13,14). The average molecular weight is 215 g/mol. The van der Waals surface area contributed by atoms with Crippen LogP contribution in [0.25, 0.3) is 10.8 Å². The van der Waals surface area contributed by atoms with Gasteiger partial charge in [0.1, 0.15) is 0 Å². The van der Waals surface area contributed by atoms with E-state index in [9.17, 15) is 4.79 Å². The number of rotatable bonds is 0. The summed E-state index contributed by atoms with van der Waals surface area (Å²) in [7, 11) is 0. The van der Waals surface area contributed by atoms with Gasteiger partial charge in [-0.05, 0) is 11.5 Å². The van der Waals surface area contributed by atoms with E-state index in [4.69, 9.17) is 0 Å². The molecule has 1 aliphatic rings. The summed E-state index contributed by atoms with van der Waals surface area (Å²) in [6.07, 6.45) is 0. The Morgan fingerprint density at radius 3 is 2.93 bits per heavy atom. The van der Waals surface area contributed by atoms with Gasteiger partial charge in [0.25, 0.3) is 0 Å². The van der Waals surface area contributed by atoms with Crippen molar-refractivity contribution in [1.82, 2.24) is 0 Å². The zero-order chi connectivity index (χ0) is 10.3. The molecule has 1 heterocycles. The zero-order valence-corrected chi connectivity index (χ0v) is 8.80. The second kappa shape index (κ2) is 3.28. The third-order valence-corrected chi connectivity index (χ3v) is 3.57. The predicted octanol–water partition coefficient (Wildman–Crippen LogP) is 2.88. The van der Waals surface area contributed by atoms with Gasteiger partial charge in [-0.25, -0.2) is 0 Å². The second-order valence-electron chi connectivity index (χ2n) is 3.50. The van der Waals surface area contributed by atoms with E-state index >= 15 is 0 Å². The van der Waals surface area contributed by atoms with E-state index in [1.54, 1.807) is 11.8 Å². The normalized spacial score (nSPS) is 14.8. The quantitative estimate of drug-likeness (QED) is 0.732. The molecule has 0 saturated carbocycles. The van der Waals surface area contributed by atoms with Crippen LogP contribution in [0.2, 0.25) is 0 Å². The molecule has 1 amide bonds. The molecule has 74 valence electrons. The smallest absolute Gasteiger partial charge is 0.234 e. The number of fused-ring (bicyclic) bond motifs is 3. The van der Waals surface area contributed by atoms with Gasteiger partial charge in [0.15, 0.2) is 0 Å². The average Bonchev–Trinajstić information content (AvgIpc) is 2.29. The number of nitrogens with one attached hydrogen (secondary N) is 1. The van der Waals surface area contributed by atoms with Crippen LogP contribution in [0, 0.1) is 0 Å². The van der Waals surface area contributed by atoms with Gasteiger partial charge in [-0.2, -0.15) is 0 Å². The highest BCUT2D eigenvalue weighted by Gasteiger charge is 2.16. The maximum Gasteiger partial charge on any atom is 0.234 e. The summed E-state index contributed by atoms with van der Waals surface area (Å²) in [5.41, 5.74) is 0.967. The Morgan fingerprint density at radius 1 is 1.13 bits per heavy atom. The van der Waals surface area contributed by atoms with Gasteiger partial charge in [0, 0.05) is 10.3 Å². The van der Waals surface area contributed by atoms with Crippen LogP contribution in [0.5, 0.6) is 0 Å². The lowest BCUT2D eigenvalue weighted by molar-refractivity contribution is -0.113. The second-order valence-corrected chi connectivity index (χ2v) is 4.51. The van der Waals surface area contributed by atoms with E-state index in [-0.39, 0.29) is 5.91 Å². The maximum absolute atomic E-state index is 11.3. The molecular weight excluding hydrogens is 206 g/mol.